The van der Waals surface area contributed by atoms with E-state index in [2.05, 4.69) is 34.1 Å². The minimum atomic E-state index is -0.137. The second-order valence-corrected chi connectivity index (χ2v) is 11.0. The topological polar surface area (TPSA) is 112 Å². The van der Waals surface area contributed by atoms with Gasteiger partial charge in [0.25, 0.3) is 5.56 Å². The third-order valence-corrected chi connectivity index (χ3v) is 9.08. The van der Waals surface area contributed by atoms with Crippen LogP contribution >= 0.6 is 11.8 Å². The number of pyridine rings is 1. The zero-order valence-corrected chi connectivity index (χ0v) is 20.6. The van der Waals surface area contributed by atoms with Crippen molar-refractivity contribution in [1.82, 2.24) is 14.5 Å². The van der Waals surface area contributed by atoms with Crippen molar-refractivity contribution >= 4 is 23.5 Å². The van der Waals surface area contributed by atoms with E-state index in [9.17, 15) is 4.79 Å². The molecule has 8 nitrogen and oxygen atoms in total. The van der Waals surface area contributed by atoms with Crippen molar-refractivity contribution in [3.8, 4) is 0 Å². The first kappa shape index (κ1) is 22.6. The molecule has 0 saturated carbocycles. The summed E-state index contributed by atoms with van der Waals surface area (Å²) in [5.74, 6) is 1.14. The molecule has 2 fully saturated rings. The van der Waals surface area contributed by atoms with Crippen LogP contribution in [-0.4, -0.2) is 40.8 Å². The van der Waals surface area contributed by atoms with Crippen molar-refractivity contribution in [1.29, 1.82) is 0 Å². The van der Waals surface area contributed by atoms with Crippen LogP contribution in [0.1, 0.15) is 41.6 Å². The van der Waals surface area contributed by atoms with Gasteiger partial charge >= 0.3 is 0 Å². The summed E-state index contributed by atoms with van der Waals surface area (Å²) in [4.78, 5) is 26.2. The zero-order chi connectivity index (χ0) is 24.2. The van der Waals surface area contributed by atoms with Crippen molar-refractivity contribution in [2.24, 2.45) is 18.2 Å². The second kappa shape index (κ2) is 8.65. The molecule has 0 bridgehead atoms. The lowest BCUT2D eigenvalue weighted by molar-refractivity contribution is 0.00559. The number of benzene rings is 1. The molecule has 4 N–H and O–H groups in total. The summed E-state index contributed by atoms with van der Waals surface area (Å²) in [6.07, 6.45) is 4.70. The maximum absolute atomic E-state index is 13.4. The van der Waals surface area contributed by atoms with E-state index in [1.807, 2.05) is 12.1 Å². The summed E-state index contributed by atoms with van der Waals surface area (Å²) in [5, 5.41) is 0. The molecule has 3 aromatic rings. The summed E-state index contributed by atoms with van der Waals surface area (Å²) in [5.41, 5.74) is 16.6. The van der Waals surface area contributed by atoms with Crippen LogP contribution in [0.15, 0.2) is 57.2 Å². The number of anilines is 2. The van der Waals surface area contributed by atoms with Crippen LogP contribution in [0.25, 0.3) is 0 Å². The van der Waals surface area contributed by atoms with Crippen LogP contribution in [0.2, 0.25) is 0 Å². The molecule has 4 heterocycles. The fraction of sp³-hybridized carbons (Fsp3) is 0.423. The summed E-state index contributed by atoms with van der Waals surface area (Å²) >= 11 is 1.35. The molecule has 182 valence electrons. The van der Waals surface area contributed by atoms with Gasteiger partial charge in [0.05, 0.1) is 18.9 Å². The predicted molar refractivity (Wildman–Crippen MR) is 137 cm³/mol. The van der Waals surface area contributed by atoms with Crippen LogP contribution in [0.3, 0.4) is 0 Å². The second-order valence-electron chi connectivity index (χ2n) is 9.92. The Hall–Kier alpha value is -2.88. The third-order valence-electron chi connectivity index (χ3n) is 7.92. The Kier molecular flexibility index (Phi) is 5.58. The van der Waals surface area contributed by atoms with E-state index in [1.54, 1.807) is 17.8 Å². The molecular formula is C26H30N6O2S. The average Bonchev–Trinajstić information content (AvgIpc) is 3.11. The average molecular weight is 491 g/mol. The van der Waals surface area contributed by atoms with Gasteiger partial charge in [-0.3, -0.25) is 14.3 Å². The molecule has 2 saturated heterocycles. The number of aromatic nitrogens is 3. The largest absolute Gasteiger partial charge is 0.382 e. The Balaban J connectivity index is 1.23. The maximum Gasteiger partial charge on any atom is 0.270 e. The zero-order valence-electron chi connectivity index (χ0n) is 19.8. The number of hydrogen-bond donors (Lipinski definition) is 2. The highest BCUT2D eigenvalue weighted by Gasteiger charge is 2.46. The monoisotopic (exact) mass is 490 g/mol. The molecule has 1 spiro atoms. The first-order valence-corrected chi connectivity index (χ1v) is 12.9. The van der Waals surface area contributed by atoms with Crippen LogP contribution in [-0.2, 0) is 18.2 Å². The van der Waals surface area contributed by atoms with Gasteiger partial charge in [-0.05, 0) is 47.9 Å². The van der Waals surface area contributed by atoms with Crippen molar-refractivity contribution < 1.29 is 4.74 Å². The van der Waals surface area contributed by atoms with E-state index < -0.39 is 0 Å². The normalized spacial score (nSPS) is 21.2. The van der Waals surface area contributed by atoms with Crippen molar-refractivity contribution in [2.45, 2.75) is 41.0 Å². The molecular weight excluding hydrogens is 460 g/mol. The highest BCUT2D eigenvalue weighted by atomic mass is 32.2. The lowest BCUT2D eigenvalue weighted by Gasteiger charge is -2.42. The van der Waals surface area contributed by atoms with Crippen molar-refractivity contribution in [3.05, 3.63) is 69.8 Å². The number of ether oxygens (including phenoxy) is 1. The third kappa shape index (κ3) is 3.73. The van der Waals surface area contributed by atoms with E-state index in [0.717, 1.165) is 42.9 Å². The van der Waals surface area contributed by atoms with E-state index in [1.165, 1.54) is 22.9 Å². The van der Waals surface area contributed by atoms with Gasteiger partial charge in [-0.15, -0.1) is 0 Å². The number of hydrogen-bond acceptors (Lipinski definition) is 8. The molecule has 2 aromatic heterocycles. The molecule has 0 amide bonds. The number of piperidine rings is 1. The highest BCUT2D eigenvalue weighted by Crippen LogP contribution is 2.51. The minimum absolute atomic E-state index is 0.0521. The Bertz CT molecular complexity index is 1330. The maximum atomic E-state index is 13.4. The molecule has 6 rings (SSSR count). The Morgan fingerprint density at radius 3 is 2.63 bits per heavy atom. The van der Waals surface area contributed by atoms with Gasteiger partial charge in [-0.1, -0.05) is 36.0 Å². The quantitative estimate of drug-likeness (QED) is 0.574. The molecule has 1 aromatic carbocycles. The molecule has 1 atom stereocenters. The van der Waals surface area contributed by atoms with Gasteiger partial charge in [-0.2, -0.15) is 4.98 Å². The van der Waals surface area contributed by atoms with Crippen LogP contribution in [0, 0.1) is 5.41 Å². The Morgan fingerprint density at radius 1 is 1.14 bits per heavy atom. The van der Waals surface area contributed by atoms with Gasteiger partial charge in [0.2, 0.25) is 5.95 Å². The molecule has 0 radical (unpaired) electrons. The standard InChI is InChI=1S/C26H30N6O2S/c1-31-24(33)21(35-19-7-4-10-29-20(19)17-14-34-15-17)23(28)30-25(31)32-11-8-26(9-12-32)13-16-5-2-3-6-18(16)22(26)27/h2-7,10,17,22H,8-9,11-15,27-28H2,1H3/t22-/m1/s1. The lowest BCUT2D eigenvalue weighted by atomic mass is 9.73. The highest BCUT2D eigenvalue weighted by molar-refractivity contribution is 7.99. The summed E-state index contributed by atoms with van der Waals surface area (Å²) in [7, 11) is 1.78. The Morgan fingerprint density at radius 2 is 1.91 bits per heavy atom. The molecule has 35 heavy (non-hydrogen) atoms. The van der Waals surface area contributed by atoms with E-state index in [-0.39, 0.29) is 28.8 Å². The number of nitrogens with two attached hydrogens (primary N) is 2. The van der Waals surface area contributed by atoms with Crippen LogP contribution in [0.4, 0.5) is 11.8 Å². The fourth-order valence-electron chi connectivity index (χ4n) is 5.72. The number of fused-ring (bicyclic) bond motifs is 1. The number of rotatable bonds is 4. The number of nitrogens with zero attached hydrogens (tertiary/aromatic N) is 4. The molecule has 1 aliphatic carbocycles. The summed E-state index contributed by atoms with van der Waals surface area (Å²) in [6.45, 7) is 2.89. The summed E-state index contributed by atoms with van der Waals surface area (Å²) in [6, 6.07) is 12.4. The predicted octanol–water partition coefficient (Wildman–Crippen LogP) is 2.87. The van der Waals surface area contributed by atoms with Gasteiger partial charge in [-0.25, -0.2) is 0 Å². The van der Waals surface area contributed by atoms with E-state index >= 15 is 0 Å². The van der Waals surface area contributed by atoms with Gasteiger partial charge < -0.3 is 21.1 Å². The molecule has 0 unspecified atom stereocenters. The fourth-order valence-corrected chi connectivity index (χ4v) is 6.79. The van der Waals surface area contributed by atoms with E-state index in [0.29, 0.717) is 24.1 Å². The molecule has 2 aliphatic heterocycles. The minimum Gasteiger partial charge on any atom is -0.382 e. The van der Waals surface area contributed by atoms with Gasteiger partial charge in [0.1, 0.15) is 10.7 Å². The molecule has 9 heteroatoms. The van der Waals surface area contributed by atoms with Gasteiger partial charge in [0, 0.05) is 43.2 Å². The number of nitrogen functional groups attached to an aromatic ring is 1. The summed E-state index contributed by atoms with van der Waals surface area (Å²) < 4.78 is 6.97. The van der Waals surface area contributed by atoms with Crippen molar-refractivity contribution in [2.75, 3.05) is 36.9 Å². The first-order valence-electron chi connectivity index (χ1n) is 12.1. The van der Waals surface area contributed by atoms with Crippen LogP contribution in [0.5, 0.6) is 0 Å². The van der Waals surface area contributed by atoms with E-state index in [4.69, 9.17) is 21.2 Å². The Labute approximate surface area is 208 Å². The lowest BCUT2D eigenvalue weighted by Crippen LogP contribution is -2.46. The smallest absolute Gasteiger partial charge is 0.270 e. The van der Waals surface area contributed by atoms with Crippen LogP contribution < -0.4 is 21.9 Å². The van der Waals surface area contributed by atoms with Gasteiger partial charge in [0.15, 0.2) is 0 Å². The first-order chi connectivity index (χ1) is 17.0. The van der Waals surface area contributed by atoms with Crippen molar-refractivity contribution in [3.63, 3.8) is 0 Å². The molecule has 3 aliphatic rings. The SMILES string of the molecule is Cn1c(N2CCC3(CC2)Cc2ccccc2[C@H]3N)nc(N)c(Sc2cccnc2C2COC2)c1=O.